The molecular weight excluding hydrogens is 352 g/mol. The number of hydrogen-bond acceptors (Lipinski definition) is 6. The van der Waals surface area contributed by atoms with Crippen molar-refractivity contribution < 1.29 is 4.92 Å². The summed E-state index contributed by atoms with van der Waals surface area (Å²) in [5, 5.41) is 11.7. The van der Waals surface area contributed by atoms with E-state index in [1.165, 1.54) is 34.4 Å². The number of nitro groups is 1. The summed E-state index contributed by atoms with van der Waals surface area (Å²) in [6, 6.07) is 8.14. The van der Waals surface area contributed by atoms with E-state index in [-0.39, 0.29) is 11.2 Å². The summed E-state index contributed by atoms with van der Waals surface area (Å²) in [5.41, 5.74) is 3.33. The maximum Gasteiger partial charge on any atom is 0.271 e. The van der Waals surface area contributed by atoms with E-state index in [0.717, 1.165) is 27.0 Å². The molecule has 26 heavy (non-hydrogen) atoms. The third-order valence-corrected chi connectivity index (χ3v) is 5.30. The molecule has 0 N–H and O–H groups in total. The Balaban J connectivity index is 1.80. The van der Waals surface area contributed by atoms with Gasteiger partial charge in [0.25, 0.3) is 11.2 Å². The van der Waals surface area contributed by atoms with Crippen molar-refractivity contribution in [2.45, 2.75) is 20.4 Å². The van der Waals surface area contributed by atoms with Crippen LogP contribution in [0.4, 0.5) is 5.69 Å². The third kappa shape index (κ3) is 2.64. The largest absolute Gasteiger partial charge is 0.294 e. The van der Waals surface area contributed by atoms with E-state index in [2.05, 4.69) is 9.97 Å². The number of fused-ring (bicyclic) bond motifs is 3. The van der Waals surface area contributed by atoms with Crippen LogP contribution in [-0.2, 0) is 6.54 Å². The van der Waals surface area contributed by atoms with Gasteiger partial charge in [0.05, 0.1) is 23.3 Å². The highest BCUT2D eigenvalue weighted by Crippen LogP contribution is 2.31. The standard InChI is InChI=1S/C18H14N4O3S/c1-10-7-11(2)20-17-14(10)15-16(26-17)18(23)21(9-19-15)8-12-3-5-13(6-4-12)22(24)25/h3-7,9H,8H2,1-2H3. The van der Waals surface area contributed by atoms with Crippen molar-refractivity contribution >= 4 is 37.5 Å². The van der Waals surface area contributed by atoms with Crippen LogP contribution in [0.3, 0.4) is 0 Å². The van der Waals surface area contributed by atoms with Gasteiger partial charge >= 0.3 is 0 Å². The lowest BCUT2D eigenvalue weighted by molar-refractivity contribution is -0.384. The fourth-order valence-electron chi connectivity index (χ4n) is 3.03. The van der Waals surface area contributed by atoms with Gasteiger partial charge < -0.3 is 0 Å². The van der Waals surface area contributed by atoms with Gasteiger partial charge in [0.15, 0.2) is 0 Å². The molecule has 3 heterocycles. The van der Waals surface area contributed by atoms with Crippen molar-refractivity contribution in [1.29, 1.82) is 0 Å². The van der Waals surface area contributed by atoms with Crippen molar-refractivity contribution in [1.82, 2.24) is 14.5 Å². The zero-order valence-electron chi connectivity index (χ0n) is 14.1. The van der Waals surface area contributed by atoms with Crippen LogP contribution in [0.25, 0.3) is 20.4 Å². The number of rotatable bonds is 3. The van der Waals surface area contributed by atoms with Crippen LogP contribution < -0.4 is 5.56 Å². The second-order valence-corrected chi connectivity index (χ2v) is 7.14. The van der Waals surface area contributed by atoms with Crippen molar-refractivity contribution in [3.8, 4) is 0 Å². The zero-order chi connectivity index (χ0) is 18.4. The van der Waals surface area contributed by atoms with Gasteiger partial charge in [-0.25, -0.2) is 9.97 Å². The van der Waals surface area contributed by atoms with Crippen LogP contribution in [0, 0.1) is 24.0 Å². The first-order valence-corrected chi connectivity index (χ1v) is 8.75. The van der Waals surface area contributed by atoms with Gasteiger partial charge in [-0.3, -0.25) is 19.5 Å². The van der Waals surface area contributed by atoms with Crippen molar-refractivity contribution in [2.24, 2.45) is 0 Å². The zero-order valence-corrected chi connectivity index (χ0v) is 14.9. The second kappa shape index (κ2) is 5.99. The van der Waals surface area contributed by atoms with Crippen LogP contribution in [0.1, 0.15) is 16.8 Å². The van der Waals surface area contributed by atoms with Crippen LogP contribution in [0.2, 0.25) is 0 Å². The lowest BCUT2D eigenvalue weighted by atomic mass is 10.1. The van der Waals surface area contributed by atoms with Gasteiger partial charge in [-0.05, 0) is 31.0 Å². The minimum Gasteiger partial charge on any atom is -0.294 e. The first-order chi connectivity index (χ1) is 12.4. The number of benzene rings is 1. The Kier molecular flexibility index (Phi) is 3.77. The number of non-ortho nitro benzene ring substituents is 1. The topological polar surface area (TPSA) is 90.9 Å². The molecule has 8 heteroatoms. The van der Waals surface area contributed by atoms with E-state index in [1.54, 1.807) is 12.1 Å². The molecule has 0 aliphatic heterocycles. The Morgan fingerprint density at radius 3 is 2.65 bits per heavy atom. The van der Waals surface area contributed by atoms with Crippen LogP contribution in [0.5, 0.6) is 0 Å². The molecule has 0 aliphatic carbocycles. The lowest BCUT2D eigenvalue weighted by Gasteiger charge is -2.05. The van der Waals surface area contributed by atoms with E-state index in [0.29, 0.717) is 16.8 Å². The number of thiophene rings is 1. The molecule has 1 aromatic carbocycles. The molecule has 0 fully saturated rings. The predicted octanol–water partition coefficient (Wildman–Crippen LogP) is 3.58. The molecule has 3 aromatic heterocycles. The maximum absolute atomic E-state index is 12.9. The number of pyridine rings is 1. The summed E-state index contributed by atoms with van der Waals surface area (Å²) >= 11 is 1.35. The first kappa shape index (κ1) is 16.3. The van der Waals surface area contributed by atoms with Gasteiger partial charge in [-0.1, -0.05) is 12.1 Å². The highest BCUT2D eigenvalue weighted by molar-refractivity contribution is 7.25. The van der Waals surface area contributed by atoms with Crippen LogP contribution >= 0.6 is 11.3 Å². The summed E-state index contributed by atoms with van der Waals surface area (Å²) in [4.78, 5) is 33.0. The molecule has 4 rings (SSSR count). The molecule has 0 saturated heterocycles. The van der Waals surface area contributed by atoms with Gasteiger partial charge in [-0.2, -0.15) is 0 Å². The van der Waals surface area contributed by atoms with Crippen LogP contribution in [0.15, 0.2) is 41.5 Å². The number of nitro benzene ring substituents is 1. The summed E-state index contributed by atoms with van der Waals surface area (Å²) in [6.45, 7) is 4.23. The molecule has 0 amide bonds. The molecule has 0 aliphatic rings. The summed E-state index contributed by atoms with van der Waals surface area (Å²) in [7, 11) is 0. The molecule has 7 nitrogen and oxygen atoms in total. The lowest BCUT2D eigenvalue weighted by Crippen LogP contribution is -2.20. The van der Waals surface area contributed by atoms with Crippen molar-refractivity contribution in [3.05, 3.63) is 73.9 Å². The average Bonchev–Trinajstić information content (AvgIpc) is 2.97. The minimum absolute atomic E-state index is 0.0242. The van der Waals surface area contributed by atoms with E-state index >= 15 is 0 Å². The predicted molar refractivity (Wildman–Crippen MR) is 101 cm³/mol. The fourth-order valence-corrected chi connectivity index (χ4v) is 4.23. The third-order valence-electron chi connectivity index (χ3n) is 4.24. The molecule has 0 unspecified atom stereocenters. The number of aryl methyl sites for hydroxylation is 2. The SMILES string of the molecule is Cc1cc(C)c2c(n1)sc1c(=O)n(Cc3ccc([N+](=O)[O-])cc3)cnc12. The Bertz CT molecular complexity index is 1230. The number of aromatic nitrogens is 3. The number of nitrogens with zero attached hydrogens (tertiary/aromatic N) is 4. The quantitative estimate of drug-likeness (QED) is 0.408. The van der Waals surface area contributed by atoms with Gasteiger partial charge in [0, 0.05) is 23.2 Å². The Labute approximate surface area is 151 Å². The highest BCUT2D eigenvalue weighted by atomic mass is 32.1. The Morgan fingerprint density at radius 1 is 1.23 bits per heavy atom. The molecule has 0 bridgehead atoms. The summed E-state index contributed by atoms with van der Waals surface area (Å²) < 4.78 is 2.09. The molecule has 130 valence electrons. The second-order valence-electron chi connectivity index (χ2n) is 6.14. The van der Waals surface area contributed by atoms with Gasteiger partial charge in [0.1, 0.15) is 9.53 Å². The van der Waals surface area contributed by atoms with Gasteiger partial charge in [-0.15, -0.1) is 11.3 Å². The first-order valence-electron chi connectivity index (χ1n) is 7.93. The average molecular weight is 366 g/mol. The minimum atomic E-state index is -0.446. The van der Waals surface area contributed by atoms with Crippen molar-refractivity contribution in [3.63, 3.8) is 0 Å². The summed E-state index contributed by atoms with van der Waals surface area (Å²) in [6.07, 6.45) is 1.53. The fraction of sp³-hybridized carbons (Fsp3) is 0.167. The Morgan fingerprint density at radius 2 is 1.96 bits per heavy atom. The van der Waals surface area contributed by atoms with E-state index < -0.39 is 4.92 Å². The van der Waals surface area contributed by atoms with E-state index in [1.807, 2.05) is 19.9 Å². The van der Waals surface area contributed by atoms with E-state index in [9.17, 15) is 14.9 Å². The molecule has 4 aromatic rings. The van der Waals surface area contributed by atoms with Crippen molar-refractivity contribution in [2.75, 3.05) is 0 Å². The van der Waals surface area contributed by atoms with Crippen LogP contribution in [-0.4, -0.2) is 19.5 Å². The molecule has 0 atom stereocenters. The van der Waals surface area contributed by atoms with Gasteiger partial charge in [0.2, 0.25) is 0 Å². The summed E-state index contributed by atoms with van der Waals surface area (Å²) in [5.74, 6) is 0. The number of hydrogen-bond donors (Lipinski definition) is 0. The normalized spacial score (nSPS) is 11.3. The molecular formula is C18H14N4O3S. The molecule has 0 radical (unpaired) electrons. The molecule has 0 spiro atoms. The Hall–Kier alpha value is -3.13. The maximum atomic E-state index is 12.9. The molecule has 0 saturated carbocycles. The highest BCUT2D eigenvalue weighted by Gasteiger charge is 2.15. The monoisotopic (exact) mass is 366 g/mol. The van der Waals surface area contributed by atoms with E-state index in [4.69, 9.17) is 0 Å². The smallest absolute Gasteiger partial charge is 0.271 e.